The summed E-state index contributed by atoms with van der Waals surface area (Å²) in [6, 6.07) is 9.44. The molecule has 0 saturated carbocycles. The van der Waals surface area contributed by atoms with Crippen LogP contribution in [0.1, 0.15) is 23.4 Å². The maximum absolute atomic E-state index is 12.1. The molecule has 146 valence electrons. The minimum atomic E-state index is -0.168. The molecule has 0 radical (unpaired) electrons. The molecule has 3 rings (SSSR count). The van der Waals surface area contributed by atoms with Crippen LogP contribution in [0.5, 0.6) is 0 Å². The Bertz CT molecular complexity index is 996. The largest absolute Gasteiger partial charge is 0.459 e. The van der Waals surface area contributed by atoms with Gasteiger partial charge in [-0.1, -0.05) is 22.0 Å². The molecule has 0 atom stereocenters. The lowest BCUT2D eigenvalue weighted by Gasteiger charge is -2.09. The van der Waals surface area contributed by atoms with E-state index in [0.717, 1.165) is 26.5 Å². The Balaban J connectivity index is 1.44. The SMILES string of the molecule is Cc1ccc(-c2nc(CC(=O)NCCC(=O)Nc3cc(Br)ccc3C)cs2)o1. The Morgan fingerprint density at radius 1 is 1.18 bits per heavy atom. The number of nitrogens with one attached hydrogen (secondary N) is 2. The average Bonchev–Trinajstić information content (AvgIpc) is 3.27. The van der Waals surface area contributed by atoms with E-state index in [9.17, 15) is 9.59 Å². The fraction of sp³-hybridized carbons (Fsp3) is 0.250. The number of aromatic nitrogens is 1. The zero-order valence-electron chi connectivity index (χ0n) is 15.5. The second-order valence-corrected chi connectivity index (χ2v) is 8.11. The minimum absolute atomic E-state index is 0.148. The molecule has 8 heteroatoms. The molecule has 3 aromatic rings. The Hall–Kier alpha value is -2.45. The van der Waals surface area contributed by atoms with Crippen LogP contribution in [0.4, 0.5) is 5.69 Å². The number of hydrogen-bond acceptors (Lipinski definition) is 5. The van der Waals surface area contributed by atoms with Gasteiger partial charge in [-0.15, -0.1) is 11.3 Å². The van der Waals surface area contributed by atoms with Crippen molar-refractivity contribution in [3.05, 3.63) is 57.2 Å². The number of nitrogens with zero attached hydrogens (tertiary/aromatic N) is 1. The van der Waals surface area contributed by atoms with Gasteiger partial charge in [-0.25, -0.2) is 4.98 Å². The number of thiazole rings is 1. The van der Waals surface area contributed by atoms with Crippen molar-refractivity contribution in [3.63, 3.8) is 0 Å². The van der Waals surface area contributed by atoms with E-state index in [2.05, 4.69) is 31.5 Å². The van der Waals surface area contributed by atoms with Crippen LogP contribution in [0.3, 0.4) is 0 Å². The molecule has 0 bridgehead atoms. The standard InChI is InChI=1S/C20H20BrN3O3S/c1-12-3-5-14(21)9-16(12)24-18(25)7-8-22-19(26)10-15-11-28-20(23-15)17-6-4-13(2)27-17/h3-6,9,11H,7-8,10H2,1-2H3,(H,22,26)(H,24,25). The van der Waals surface area contributed by atoms with Gasteiger partial charge in [-0.2, -0.15) is 0 Å². The first kappa shape index (κ1) is 20.3. The van der Waals surface area contributed by atoms with Crippen LogP contribution in [0.2, 0.25) is 0 Å². The van der Waals surface area contributed by atoms with Crippen LogP contribution < -0.4 is 10.6 Å². The zero-order chi connectivity index (χ0) is 20.1. The van der Waals surface area contributed by atoms with Crippen molar-refractivity contribution < 1.29 is 14.0 Å². The van der Waals surface area contributed by atoms with E-state index in [1.165, 1.54) is 11.3 Å². The van der Waals surface area contributed by atoms with E-state index in [1.54, 1.807) is 0 Å². The van der Waals surface area contributed by atoms with Gasteiger partial charge in [0, 0.05) is 28.5 Å². The first-order chi connectivity index (χ1) is 13.4. The number of amides is 2. The molecular formula is C20H20BrN3O3S. The fourth-order valence-corrected chi connectivity index (χ4v) is 3.68. The van der Waals surface area contributed by atoms with E-state index >= 15 is 0 Å². The van der Waals surface area contributed by atoms with Gasteiger partial charge in [0.2, 0.25) is 11.8 Å². The fourth-order valence-electron chi connectivity index (χ4n) is 2.53. The molecule has 28 heavy (non-hydrogen) atoms. The van der Waals surface area contributed by atoms with Crippen molar-refractivity contribution in [1.82, 2.24) is 10.3 Å². The second kappa shape index (κ2) is 9.16. The number of carbonyl (C=O) groups is 2. The van der Waals surface area contributed by atoms with Crippen LogP contribution >= 0.6 is 27.3 Å². The van der Waals surface area contributed by atoms with Crippen molar-refractivity contribution in [2.75, 3.05) is 11.9 Å². The number of carbonyl (C=O) groups excluding carboxylic acids is 2. The molecule has 0 spiro atoms. The van der Waals surface area contributed by atoms with E-state index < -0.39 is 0 Å². The molecule has 2 N–H and O–H groups in total. The third-order valence-electron chi connectivity index (χ3n) is 3.99. The molecule has 1 aromatic carbocycles. The van der Waals surface area contributed by atoms with E-state index in [-0.39, 0.29) is 31.2 Å². The predicted octanol–water partition coefficient (Wildman–Crippen LogP) is 4.47. The highest BCUT2D eigenvalue weighted by Gasteiger charge is 2.12. The number of furan rings is 1. The Kier molecular flexibility index (Phi) is 6.64. The van der Waals surface area contributed by atoms with Gasteiger partial charge < -0.3 is 15.1 Å². The summed E-state index contributed by atoms with van der Waals surface area (Å²) in [4.78, 5) is 28.6. The summed E-state index contributed by atoms with van der Waals surface area (Å²) < 4.78 is 6.44. The number of hydrogen-bond donors (Lipinski definition) is 2. The zero-order valence-corrected chi connectivity index (χ0v) is 17.9. The Labute approximate surface area is 175 Å². The van der Waals surface area contributed by atoms with Gasteiger partial charge in [-0.3, -0.25) is 9.59 Å². The summed E-state index contributed by atoms with van der Waals surface area (Å²) in [6.45, 7) is 4.07. The molecule has 0 aliphatic carbocycles. The summed E-state index contributed by atoms with van der Waals surface area (Å²) in [5.41, 5.74) is 2.42. The van der Waals surface area contributed by atoms with Gasteiger partial charge in [0.05, 0.1) is 12.1 Å². The minimum Gasteiger partial charge on any atom is -0.459 e. The van der Waals surface area contributed by atoms with E-state index in [1.807, 2.05) is 49.6 Å². The van der Waals surface area contributed by atoms with Crippen molar-refractivity contribution in [2.24, 2.45) is 0 Å². The van der Waals surface area contributed by atoms with Crippen molar-refractivity contribution in [3.8, 4) is 10.8 Å². The van der Waals surface area contributed by atoms with Crippen LogP contribution in [-0.2, 0) is 16.0 Å². The van der Waals surface area contributed by atoms with E-state index in [4.69, 9.17) is 4.42 Å². The normalized spacial score (nSPS) is 10.7. The maximum Gasteiger partial charge on any atom is 0.226 e. The lowest BCUT2D eigenvalue weighted by atomic mass is 10.2. The lowest BCUT2D eigenvalue weighted by molar-refractivity contribution is -0.120. The number of halogens is 1. The van der Waals surface area contributed by atoms with Gasteiger partial charge in [0.1, 0.15) is 5.76 Å². The Morgan fingerprint density at radius 2 is 2.00 bits per heavy atom. The number of anilines is 1. The number of benzene rings is 1. The molecular weight excluding hydrogens is 442 g/mol. The van der Waals surface area contributed by atoms with Gasteiger partial charge in [-0.05, 0) is 43.7 Å². The third-order valence-corrected chi connectivity index (χ3v) is 5.39. The third kappa shape index (κ3) is 5.53. The molecule has 0 unspecified atom stereocenters. The van der Waals surface area contributed by atoms with Crippen molar-refractivity contribution in [2.45, 2.75) is 26.7 Å². The van der Waals surface area contributed by atoms with Crippen molar-refractivity contribution in [1.29, 1.82) is 0 Å². The predicted molar refractivity (Wildman–Crippen MR) is 113 cm³/mol. The summed E-state index contributed by atoms with van der Waals surface area (Å²) in [5, 5.41) is 8.21. The highest BCUT2D eigenvalue weighted by molar-refractivity contribution is 9.10. The molecule has 0 aliphatic rings. The average molecular weight is 462 g/mol. The highest BCUT2D eigenvalue weighted by atomic mass is 79.9. The summed E-state index contributed by atoms with van der Waals surface area (Å²) >= 11 is 4.83. The molecule has 2 aromatic heterocycles. The summed E-state index contributed by atoms with van der Waals surface area (Å²) in [5.74, 6) is 1.21. The monoisotopic (exact) mass is 461 g/mol. The molecule has 2 amide bonds. The van der Waals surface area contributed by atoms with Crippen LogP contribution in [0.25, 0.3) is 10.8 Å². The molecule has 0 aliphatic heterocycles. The summed E-state index contributed by atoms with van der Waals surface area (Å²) in [6.07, 6.45) is 0.369. The van der Waals surface area contributed by atoms with Crippen LogP contribution in [0, 0.1) is 13.8 Å². The van der Waals surface area contributed by atoms with Crippen LogP contribution in [0.15, 0.2) is 44.6 Å². The smallest absolute Gasteiger partial charge is 0.226 e. The number of aryl methyl sites for hydroxylation is 2. The van der Waals surface area contributed by atoms with Crippen LogP contribution in [-0.4, -0.2) is 23.3 Å². The maximum atomic E-state index is 12.1. The van der Waals surface area contributed by atoms with Gasteiger partial charge in [0.25, 0.3) is 0 Å². The topological polar surface area (TPSA) is 84.2 Å². The molecule has 6 nitrogen and oxygen atoms in total. The first-order valence-electron chi connectivity index (χ1n) is 8.74. The molecule has 0 saturated heterocycles. The van der Waals surface area contributed by atoms with Gasteiger partial charge in [0.15, 0.2) is 10.8 Å². The van der Waals surface area contributed by atoms with Gasteiger partial charge >= 0.3 is 0 Å². The molecule has 0 fully saturated rings. The first-order valence-corrected chi connectivity index (χ1v) is 10.4. The van der Waals surface area contributed by atoms with E-state index in [0.29, 0.717) is 11.5 Å². The quantitative estimate of drug-likeness (QED) is 0.543. The summed E-state index contributed by atoms with van der Waals surface area (Å²) in [7, 11) is 0. The number of rotatable bonds is 7. The Morgan fingerprint density at radius 3 is 2.75 bits per heavy atom. The second-order valence-electron chi connectivity index (χ2n) is 6.34. The van der Waals surface area contributed by atoms with Crippen molar-refractivity contribution >= 4 is 44.8 Å². The highest BCUT2D eigenvalue weighted by Crippen LogP contribution is 2.25. The lowest BCUT2D eigenvalue weighted by Crippen LogP contribution is -2.29. The molecule has 2 heterocycles.